The molecule has 0 aliphatic carbocycles. The summed E-state index contributed by atoms with van der Waals surface area (Å²) in [5, 5.41) is 5.21. The molecule has 1 heterocycles. The van der Waals surface area contributed by atoms with Crippen LogP contribution in [0.25, 0.3) is 0 Å². The number of thioether (sulfide) groups is 1. The summed E-state index contributed by atoms with van der Waals surface area (Å²) in [6.07, 6.45) is 0.449. The van der Waals surface area contributed by atoms with E-state index in [1.807, 2.05) is 61.5 Å². The Morgan fingerprint density at radius 3 is 2.34 bits per heavy atom. The third-order valence-electron chi connectivity index (χ3n) is 6.01. The summed E-state index contributed by atoms with van der Waals surface area (Å²) in [7, 11) is 3.06. The molecule has 1 aliphatic rings. The summed E-state index contributed by atoms with van der Waals surface area (Å²) in [6, 6.07) is 20.3. The molecule has 6 nitrogen and oxygen atoms in total. The van der Waals surface area contributed by atoms with Crippen molar-refractivity contribution in [1.29, 1.82) is 0 Å². The van der Waals surface area contributed by atoms with Crippen molar-refractivity contribution in [3.63, 3.8) is 0 Å². The number of halogens is 1. The fourth-order valence-electron chi connectivity index (χ4n) is 4.12. The maximum atomic E-state index is 14.4. The minimum atomic E-state index is -0.439. The number of imide groups is 1. The van der Waals surface area contributed by atoms with Gasteiger partial charge in [-0.15, -0.1) is 0 Å². The van der Waals surface area contributed by atoms with E-state index >= 15 is 0 Å². The second-order valence-corrected chi connectivity index (χ2v) is 9.50. The molecule has 1 aliphatic heterocycles. The third-order valence-corrected chi connectivity index (χ3v) is 7.00. The van der Waals surface area contributed by atoms with Gasteiger partial charge in [-0.3, -0.25) is 20.2 Å². The van der Waals surface area contributed by atoms with E-state index in [1.54, 1.807) is 13.2 Å². The van der Waals surface area contributed by atoms with Crippen LogP contribution < -0.4 is 20.1 Å². The molecule has 35 heavy (non-hydrogen) atoms. The van der Waals surface area contributed by atoms with Crippen LogP contribution in [0.1, 0.15) is 41.3 Å². The Morgan fingerprint density at radius 1 is 0.971 bits per heavy atom. The van der Waals surface area contributed by atoms with Gasteiger partial charge in [0.2, 0.25) is 5.91 Å². The topological polar surface area (TPSA) is 76.7 Å². The Bertz CT molecular complexity index is 1220. The first kappa shape index (κ1) is 24.8. The van der Waals surface area contributed by atoms with E-state index in [4.69, 9.17) is 9.47 Å². The number of amides is 2. The number of carbonyl (C=O) groups excluding carboxylic acids is 2. The molecule has 1 fully saturated rings. The number of carbonyl (C=O) groups is 2. The van der Waals surface area contributed by atoms with Gasteiger partial charge in [0.05, 0.1) is 25.5 Å². The van der Waals surface area contributed by atoms with Crippen molar-refractivity contribution in [1.82, 2.24) is 10.6 Å². The summed E-state index contributed by atoms with van der Waals surface area (Å²) in [6.45, 7) is 1.98. The molecule has 3 atom stereocenters. The zero-order chi connectivity index (χ0) is 24.9. The predicted octanol–water partition coefficient (Wildman–Crippen LogP) is 5.18. The molecule has 1 saturated heterocycles. The van der Waals surface area contributed by atoms with Crippen LogP contribution in [0.3, 0.4) is 0 Å². The van der Waals surface area contributed by atoms with Crippen molar-refractivity contribution in [2.24, 2.45) is 0 Å². The summed E-state index contributed by atoms with van der Waals surface area (Å²) < 4.78 is 24.7. The lowest BCUT2D eigenvalue weighted by atomic mass is 9.94. The molecule has 0 saturated carbocycles. The molecule has 182 valence electrons. The average Bonchev–Trinajstić information content (AvgIpc) is 3.18. The molecule has 2 N–H and O–H groups in total. The van der Waals surface area contributed by atoms with E-state index in [-0.39, 0.29) is 29.0 Å². The zero-order valence-electron chi connectivity index (χ0n) is 19.7. The average molecular weight is 495 g/mol. The molecule has 2 amide bonds. The summed E-state index contributed by atoms with van der Waals surface area (Å²) >= 11 is 1.02. The quantitative estimate of drug-likeness (QED) is 0.427. The monoisotopic (exact) mass is 494 g/mol. The molecule has 3 unspecified atom stereocenters. The number of benzene rings is 3. The number of ether oxygens (including phenoxy) is 2. The zero-order valence-corrected chi connectivity index (χ0v) is 20.5. The van der Waals surface area contributed by atoms with Crippen molar-refractivity contribution >= 4 is 22.9 Å². The number of nitrogens with one attached hydrogen (secondary N) is 2. The highest BCUT2D eigenvalue weighted by atomic mass is 32.2. The summed E-state index contributed by atoms with van der Waals surface area (Å²) in [5.74, 6) is 0.280. The van der Waals surface area contributed by atoms with Crippen molar-refractivity contribution in [3.8, 4) is 11.5 Å². The lowest BCUT2D eigenvalue weighted by Gasteiger charge is -2.26. The first-order valence-electron chi connectivity index (χ1n) is 11.2. The second kappa shape index (κ2) is 10.9. The van der Waals surface area contributed by atoms with Crippen LogP contribution in [0.2, 0.25) is 0 Å². The van der Waals surface area contributed by atoms with Crippen molar-refractivity contribution in [3.05, 3.63) is 94.8 Å². The van der Waals surface area contributed by atoms with E-state index in [2.05, 4.69) is 10.6 Å². The first-order chi connectivity index (χ1) is 16.9. The maximum absolute atomic E-state index is 14.4. The number of rotatable bonds is 9. The van der Waals surface area contributed by atoms with Crippen molar-refractivity contribution in [2.45, 2.75) is 30.7 Å². The summed E-state index contributed by atoms with van der Waals surface area (Å²) in [4.78, 5) is 23.6. The predicted molar refractivity (Wildman–Crippen MR) is 134 cm³/mol. The Balaban J connectivity index is 1.63. The minimum Gasteiger partial charge on any atom is -0.497 e. The molecule has 3 aromatic carbocycles. The molecule has 3 aromatic rings. The number of hydrogen-bond donors (Lipinski definition) is 2. The van der Waals surface area contributed by atoms with Gasteiger partial charge in [-0.05, 0) is 59.9 Å². The smallest absolute Gasteiger partial charge is 0.286 e. The van der Waals surface area contributed by atoms with E-state index in [0.717, 1.165) is 39.8 Å². The molecule has 0 aromatic heterocycles. The Hall–Kier alpha value is -3.36. The van der Waals surface area contributed by atoms with Crippen molar-refractivity contribution < 1.29 is 23.5 Å². The fraction of sp³-hybridized carbons (Fsp3) is 0.259. The molecular weight excluding hydrogens is 467 g/mol. The minimum absolute atomic E-state index is 0.181. The number of methoxy groups -OCH3 is 2. The van der Waals surface area contributed by atoms with Crippen LogP contribution in [0.15, 0.2) is 66.7 Å². The van der Waals surface area contributed by atoms with Gasteiger partial charge in [0.25, 0.3) is 5.24 Å². The molecular formula is C27H27FN2O4S. The van der Waals surface area contributed by atoms with Gasteiger partial charge in [0.1, 0.15) is 5.75 Å². The van der Waals surface area contributed by atoms with Gasteiger partial charge in [0, 0.05) is 6.04 Å². The van der Waals surface area contributed by atoms with Crippen LogP contribution in [-0.4, -0.2) is 30.6 Å². The highest BCUT2D eigenvalue weighted by Crippen LogP contribution is 2.30. The lowest BCUT2D eigenvalue weighted by molar-refractivity contribution is -0.118. The van der Waals surface area contributed by atoms with Gasteiger partial charge >= 0.3 is 0 Å². The van der Waals surface area contributed by atoms with E-state index in [1.165, 1.54) is 13.2 Å². The SMILES string of the molecule is COc1ccc(C(NC(C)c2ccc(OC)c(F)c2)c2cccc(CC3SC(=O)NC3=O)c2)cc1. The Morgan fingerprint density at radius 2 is 1.71 bits per heavy atom. The lowest BCUT2D eigenvalue weighted by Crippen LogP contribution is -2.26. The molecule has 0 bridgehead atoms. The Labute approximate surface area is 208 Å². The normalized spacial score (nSPS) is 17.1. The molecule has 8 heteroatoms. The second-order valence-electron chi connectivity index (χ2n) is 8.32. The highest BCUT2D eigenvalue weighted by Gasteiger charge is 2.31. The van der Waals surface area contributed by atoms with Crippen LogP contribution in [0, 0.1) is 5.82 Å². The van der Waals surface area contributed by atoms with Crippen LogP contribution in [-0.2, 0) is 11.2 Å². The first-order valence-corrected chi connectivity index (χ1v) is 12.1. The number of hydrogen-bond acceptors (Lipinski definition) is 6. The highest BCUT2D eigenvalue weighted by molar-refractivity contribution is 8.15. The van der Waals surface area contributed by atoms with E-state index in [0.29, 0.717) is 6.42 Å². The van der Waals surface area contributed by atoms with Gasteiger partial charge in [-0.25, -0.2) is 4.39 Å². The van der Waals surface area contributed by atoms with Crippen LogP contribution in [0.5, 0.6) is 11.5 Å². The maximum Gasteiger partial charge on any atom is 0.286 e. The van der Waals surface area contributed by atoms with Gasteiger partial charge in [-0.2, -0.15) is 0 Å². The third kappa shape index (κ3) is 5.83. The summed E-state index contributed by atoms with van der Waals surface area (Å²) in [5.41, 5.74) is 3.74. The van der Waals surface area contributed by atoms with Crippen LogP contribution >= 0.6 is 11.8 Å². The molecule has 0 radical (unpaired) electrons. The molecule has 4 rings (SSSR count). The standard InChI is InChI=1S/C27H27FN2O4S/c1-16(19-9-12-23(34-3)22(28)15-19)29-25(18-7-10-21(33-2)11-8-18)20-6-4-5-17(13-20)14-24-26(31)30-27(32)35-24/h4-13,15-16,24-25,29H,14H2,1-3H3,(H,30,31,32). The largest absolute Gasteiger partial charge is 0.497 e. The van der Waals surface area contributed by atoms with Gasteiger partial charge < -0.3 is 9.47 Å². The molecule has 0 spiro atoms. The van der Waals surface area contributed by atoms with E-state index < -0.39 is 11.1 Å². The van der Waals surface area contributed by atoms with Gasteiger partial charge in [-0.1, -0.05) is 54.2 Å². The Kier molecular flexibility index (Phi) is 7.73. The van der Waals surface area contributed by atoms with Gasteiger partial charge in [0.15, 0.2) is 11.6 Å². The van der Waals surface area contributed by atoms with Crippen molar-refractivity contribution in [2.75, 3.05) is 14.2 Å². The van der Waals surface area contributed by atoms with E-state index in [9.17, 15) is 14.0 Å². The fourth-order valence-corrected chi connectivity index (χ4v) is 4.98. The van der Waals surface area contributed by atoms with Crippen LogP contribution in [0.4, 0.5) is 9.18 Å².